The van der Waals surface area contributed by atoms with E-state index in [0.29, 0.717) is 19.7 Å². The summed E-state index contributed by atoms with van der Waals surface area (Å²) < 4.78 is 11.1. The van der Waals surface area contributed by atoms with E-state index in [1.807, 2.05) is 23.1 Å². The Hall–Kier alpha value is -1.59. The number of hydrogen-bond acceptors (Lipinski definition) is 4. The van der Waals surface area contributed by atoms with Crippen LogP contribution in [0.25, 0.3) is 0 Å². The van der Waals surface area contributed by atoms with E-state index in [1.54, 1.807) is 7.11 Å². The van der Waals surface area contributed by atoms with E-state index >= 15 is 0 Å². The summed E-state index contributed by atoms with van der Waals surface area (Å²) in [4.78, 5) is 15.5. The predicted octanol–water partition coefficient (Wildman–Crippen LogP) is 2.08. The van der Waals surface area contributed by atoms with Crippen molar-refractivity contribution in [2.24, 2.45) is 5.73 Å². The monoisotopic (exact) mass is 332 g/mol. The highest BCUT2D eigenvalue weighted by molar-refractivity contribution is 5.89. The van der Waals surface area contributed by atoms with Gasteiger partial charge in [-0.25, -0.2) is 0 Å². The molecule has 1 saturated carbocycles. The Kier molecular flexibility index (Phi) is 5.41. The molecule has 0 spiro atoms. The molecule has 5 nitrogen and oxygen atoms in total. The van der Waals surface area contributed by atoms with Gasteiger partial charge in [-0.05, 0) is 37.0 Å². The fourth-order valence-corrected chi connectivity index (χ4v) is 4.05. The quantitative estimate of drug-likeness (QED) is 0.917. The number of nitrogens with two attached hydrogens (primary N) is 1. The molecular weight excluding hydrogens is 304 g/mol. The summed E-state index contributed by atoms with van der Waals surface area (Å²) >= 11 is 0. The van der Waals surface area contributed by atoms with Crippen LogP contribution in [-0.4, -0.2) is 50.3 Å². The maximum atomic E-state index is 13.5. The molecule has 1 amide bonds. The Morgan fingerprint density at radius 3 is 2.88 bits per heavy atom. The molecule has 0 bridgehead atoms. The van der Waals surface area contributed by atoms with Crippen molar-refractivity contribution in [2.45, 2.75) is 43.6 Å². The third kappa shape index (κ3) is 3.28. The topological polar surface area (TPSA) is 64.8 Å². The van der Waals surface area contributed by atoms with Crippen LogP contribution in [0.1, 0.15) is 37.7 Å². The smallest absolute Gasteiger partial charge is 0.233 e. The van der Waals surface area contributed by atoms with E-state index in [0.717, 1.165) is 50.0 Å². The van der Waals surface area contributed by atoms with Crippen LogP contribution >= 0.6 is 0 Å². The fraction of sp³-hybridized carbons (Fsp3) is 0.632. The molecule has 1 unspecified atom stereocenters. The molecule has 2 aliphatic rings. The highest BCUT2D eigenvalue weighted by atomic mass is 16.5. The first kappa shape index (κ1) is 17.2. The molecule has 2 fully saturated rings. The second kappa shape index (κ2) is 7.53. The predicted molar refractivity (Wildman–Crippen MR) is 93.1 cm³/mol. The average Bonchev–Trinajstić information content (AvgIpc) is 3.01. The van der Waals surface area contributed by atoms with Crippen LogP contribution in [-0.2, 0) is 14.9 Å². The SMILES string of the molecule is COc1cccc(C2(C(=O)N3CCCOC(CN)C3)CCCC2)c1. The molecule has 1 atom stereocenters. The first-order valence-corrected chi connectivity index (χ1v) is 8.95. The normalized spacial score (nSPS) is 23.8. The number of hydrogen-bond donors (Lipinski definition) is 1. The highest BCUT2D eigenvalue weighted by Gasteiger charge is 2.45. The van der Waals surface area contributed by atoms with Gasteiger partial charge >= 0.3 is 0 Å². The molecule has 5 heteroatoms. The molecule has 1 saturated heterocycles. The highest BCUT2D eigenvalue weighted by Crippen LogP contribution is 2.43. The molecule has 0 aromatic heterocycles. The van der Waals surface area contributed by atoms with Crippen LogP contribution in [0.3, 0.4) is 0 Å². The van der Waals surface area contributed by atoms with Gasteiger partial charge in [0.05, 0.1) is 18.6 Å². The van der Waals surface area contributed by atoms with Gasteiger partial charge in [0.2, 0.25) is 5.91 Å². The van der Waals surface area contributed by atoms with Crippen molar-refractivity contribution < 1.29 is 14.3 Å². The lowest BCUT2D eigenvalue weighted by Crippen LogP contribution is -2.48. The van der Waals surface area contributed by atoms with Gasteiger partial charge in [0, 0.05) is 26.2 Å². The third-order valence-electron chi connectivity index (χ3n) is 5.39. The van der Waals surface area contributed by atoms with E-state index in [2.05, 4.69) is 6.07 Å². The number of benzene rings is 1. The van der Waals surface area contributed by atoms with Crippen LogP contribution in [0.4, 0.5) is 0 Å². The lowest BCUT2D eigenvalue weighted by atomic mass is 9.77. The lowest BCUT2D eigenvalue weighted by Gasteiger charge is -2.35. The van der Waals surface area contributed by atoms with Crippen LogP contribution in [0.2, 0.25) is 0 Å². The third-order valence-corrected chi connectivity index (χ3v) is 5.39. The standard InChI is InChI=1S/C19H28N2O3/c1-23-16-7-4-6-15(12-16)19(8-2-3-9-19)18(22)21-10-5-11-24-17(13-20)14-21/h4,6-7,12,17H,2-3,5,8-11,13-14,20H2,1H3. The zero-order chi connectivity index (χ0) is 17.0. The molecule has 24 heavy (non-hydrogen) atoms. The van der Waals surface area contributed by atoms with Crippen molar-refractivity contribution >= 4 is 5.91 Å². The largest absolute Gasteiger partial charge is 0.497 e. The number of carbonyl (C=O) groups excluding carboxylic acids is 1. The van der Waals surface area contributed by atoms with Crippen molar-refractivity contribution in [1.82, 2.24) is 4.90 Å². The summed E-state index contributed by atoms with van der Waals surface area (Å²) in [6, 6.07) is 8.01. The Morgan fingerprint density at radius 2 is 2.17 bits per heavy atom. The van der Waals surface area contributed by atoms with Gasteiger partial charge in [-0.2, -0.15) is 0 Å². The molecule has 3 rings (SSSR count). The average molecular weight is 332 g/mol. The number of carbonyl (C=O) groups is 1. The first-order valence-electron chi connectivity index (χ1n) is 8.95. The minimum absolute atomic E-state index is 0.0554. The second-order valence-corrected chi connectivity index (χ2v) is 6.85. The Bertz CT molecular complexity index is 569. The van der Waals surface area contributed by atoms with Gasteiger partial charge in [-0.1, -0.05) is 25.0 Å². The summed E-state index contributed by atoms with van der Waals surface area (Å²) in [5.74, 6) is 1.04. The van der Waals surface area contributed by atoms with Crippen molar-refractivity contribution in [3.63, 3.8) is 0 Å². The minimum Gasteiger partial charge on any atom is -0.497 e. The second-order valence-electron chi connectivity index (χ2n) is 6.85. The summed E-state index contributed by atoms with van der Waals surface area (Å²) in [7, 11) is 1.67. The van der Waals surface area contributed by atoms with E-state index in [4.69, 9.17) is 15.2 Å². The van der Waals surface area contributed by atoms with Gasteiger partial charge in [0.25, 0.3) is 0 Å². The number of rotatable bonds is 4. The van der Waals surface area contributed by atoms with Crippen LogP contribution < -0.4 is 10.5 Å². The Morgan fingerprint density at radius 1 is 1.38 bits per heavy atom. The number of amides is 1. The van der Waals surface area contributed by atoms with Gasteiger partial charge in [-0.3, -0.25) is 4.79 Å². The number of nitrogens with zero attached hydrogens (tertiary/aromatic N) is 1. The maximum absolute atomic E-state index is 13.5. The van der Waals surface area contributed by atoms with Gasteiger partial charge in [0.1, 0.15) is 5.75 Å². The zero-order valence-corrected chi connectivity index (χ0v) is 14.5. The Labute approximate surface area is 144 Å². The Balaban J connectivity index is 1.90. The molecular formula is C19H28N2O3. The first-order chi connectivity index (χ1) is 11.7. The molecule has 1 heterocycles. The van der Waals surface area contributed by atoms with Crippen molar-refractivity contribution in [2.75, 3.05) is 33.4 Å². The van der Waals surface area contributed by atoms with Crippen molar-refractivity contribution in [1.29, 1.82) is 0 Å². The minimum atomic E-state index is -0.419. The molecule has 2 N–H and O–H groups in total. The van der Waals surface area contributed by atoms with E-state index in [1.165, 1.54) is 0 Å². The zero-order valence-electron chi connectivity index (χ0n) is 14.5. The lowest BCUT2D eigenvalue weighted by molar-refractivity contribution is -0.138. The van der Waals surface area contributed by atoms with Crippen molar-refractivity contribution in [3.05, 3.63) is 29.8 Å². The van der Waals surface area contributed by atoms with Crippen LogP contribution in [0, 0.1) is 0 Å². The molecule has 1 aromatic rings. The van der Waals surface area contributed by atoms with Crippen LogP contribution in [0.15, 0.2) is 24.3 Å². The van der Waals surface area contributed by atoms with Gasteiger partial charge in [-0.15, -0.1) is 0 Å². The molecule has 0 radical (unpaired) electrons. The molecule has 1 aromatic carbocycles. The summed E-state index contributed by atoms with van der Waals surface area (Å²) in [5, 5.41) is 0. The molecule has 132 valence electrons. The van der Waals surface area contributed by atoms with Gasteiger partial charge < -0.3 is 20.1 Å². The fourth-order valence-electron chi connectivity index (χ4n) is 4.05. The van der Waals surface area contributed by atoms with E-state index < -0.39 is 5.41 Å². The van der Waals surface area contributed by atoms with E-state index in [9.17, 15) is 4.79 Å². The van der Waals surface area contributed by atoms with Crippen molar-refractivity contribution in [3.8, 4) is 5.75 Å². The maximum Gasteiger partial charge on any atom is 0.233 e. The summed E-state index contributed by atoms with van der Waals surface area (Å²) in [6.45, 7) is 2.48. The van der Waals surface area contributed by atoms with E-state index in [-0.39, 0.29) is 12.0 Å². The molecule has 1 aliphatic carbocycles. The molecule has 1 aliphatic heterocycles. The van der Waals surface area contributed by atoms with Crippen LogP contribution in [0.5, 0.6) is 5.75 Å². The summed E-state index contributed by atoms with van der Waals surface area (Å²) in [6.07, 6.45) is 4.81. The van der Waals surface area contributed by atoms with Gasteiger partial charge in [0.15, 0.2) is 0 Å². The number of ether oxygens (including phenoxy) is 2. The number of methoxy groups -OCH3 is 1. The summed E-state index contributed by atoms with van der Waals surface area (Å²) in [5.41, 5.74) is 6.45.